The second kappa shape index (κ2) is 5.86. The lowest BCUT2D eigenvalue weighted by molar-refractivity contribution is -0.131. The van der Waals surface area contributed by atoms with Crippen LogP contribution < -0.4 is 0 Å². The van der Waals surface area contributed by atoms with Crippen LogP contribution in [0.1, 0.15) is 20.8 Å². The molecule has 0 radical (unpaired) electrons. The maximum Gasteiger partial charge on any atom is 0.410 e. The quantitative estimate of drug-likeness (QED) is 0.754. The van der Waals surface area contributed by atoms with Gasteiger partial charge in [-0.1, -0.05) is 0 Å². The Morgan fingerprint density at radius 1 is 1.44 bits per heavy atom. The Balaban J connectivity index is 2.53. The predicted molar refractivity (Wildman–Crippen MR) is 64.3 cm³/mol. The summed E-state index contributed by atoms with van der Waals surface area (Å²) < 4.78 is 10.6. The summed E-state index contributed by atoms with van der Waals surface area (Å²) in [4.78, 5) is 23.7. The Bertz CT molecular complexity index is 345. The van der Waals surface area contributed by atoms with Gasteiger partial charge in [0.05, 0.1) is 19.3 Å². The number of nitrogens with zero attached hydrogens (tertiary/aromatic N) is 1. The van der Waals surface area contributed by atoms with E-state index in [4.69, 9.17) is 14.6 Å². The van der Waals surface area contributed by atoms with Gasteiger partial charge in [-0.15, -0.1) is 0 Å². The molecule has 6 nitrogen and oxygen atoms in total. The van der Waals surface area contributed by atoms with Gasteiger partial charge >= 0.3 is 12.1 Å². The van der Waals surface area contributed by atoms with Crippen LogP contribution in [-0.2, 0) is 14.3 Å². The summed E-state index contributed by atoms with van der Waals surface area (Å²) in [6.45, 7) is 6.52. The van der Waals surface area contributed by atoms with Gasteiger partial charge in [-0.2, -0.15) is 0 Å². The Morgan fingerprint density at radius 3 is 2.67 bits per heavy atom. The molecule has 0 aromatic heterocycles. The highest BCUT2D eigenvalue weighted by Gasteiger charge is 2.27. The van der Waals surface area contributed by atoms with Gasteiger partial charge in [-0.3, -0.25) is 0 Å². The fourth-order valence-electron chi connectivity index (χ4n) is 1.47. The molecular weight excluding hydrogens is 238 g/mol. The number of morpholine rings is 1. The Kier molecular flexibility index (Phi) is 4.72. The summed E-state index contributed by atoms with van der Waals surface area (Å²) in [5.74, 6) is -1.03. The number of hydrogen-bond acceptors (Lipinski definition) is 4. The van der Waals surface area contributed by atoms with Crippen molar-refractivity contribution in [2.24, 2.45) is 0 Å². The molecule has 102 valence electrons. The van der Waals surface area contributed by atoms with Crippen LogP contribution in [0.25, 0.3) is 0 Å². The molecular formula is C12H19NO5. The van der Waals surface area contributed by atoms with Crippen LogP contribution in [-0.4, -0.2) is 53.5 Å². The first kappa shape index (κ1) is 14.5. The van der Waals surface area contributed by atoms with E-state index in [1.54, 1.807) is 20.8 Å². The van der Waals surface area contributed by atoms with Crippen molar-refractivity contribution in [3.05, 3.63) is 12.2 Å². The maximum absolute atomic E-state index is 11.8. The van der Waals surface area contributed by atoms with Crippen molar-refractivity contribution in [3.63, 3.8) is 0 Å². The van der Waals surface area contributed by atoms with E-state index in [1.807, 2.05) is 0 Å². The minimum absolute atomic E-state index is 0.304. The third-order valence-corrected chi connectivity index (χ3v) is 2.20. The molecule has 6 heteroatoms. The molecule has 0 bridgehead atoms. The SMILES string of the molecule is CC(C)(C)OC(=O)N1CCOC(C=CC(=O)O)C1. The van der Waals surface area contributed by atoms with Crippen LogP contribution in [0.15, 0.2) is 12.2 Å². The van der Waals surface area contributed by atoms with Crippen LogP contribution in [0.3, 0.4) is 0 Å². The number of carboxylic acid groups (broad SMARTS) is 1. The zero-order valence-electron chi connectivity index (χ0n) is 10.9. The van der Waals surface area contributed by atoms with Crippen molar-refractivity contribution in [2.45, 2.75) is 32.5 Å². The van der Waals surface area contributed by atoms with Crippen molar-refractivity contribution in [1.29, 1.82) is 0 Å². The number of carbonyl (C=O) groups excluding carboxylic acids is 1. The average Bonchev–Trinajstić information content (AvgIpc) is 2.24. The van der Waals surface area contributed by atoms with E-state index in [-0.39, 0.29) is 0 Å². The van der Waals surface area contributed by atoms with Crippen LogP contribution in [0.4, 0.5) is 4.79 Å². The fraction of sp³-hybridized carbons (Fsp3) is 0.667. The summed E-state index contributed by atoms with van der Waals surface area (Å²) in [7, 11) is 0. The van der Waals surface area contributed by atoms with Gasteiger partial charge in [0.2, 0.25) is 0 Å². The first-order valence-electron chi connectivity index (χ1n) is 5.78. The number of hydrogen-bond donors (Lipinski definition) is 1. The largest absolute Gasteiger partial charge is 0.478 e. The Hall–Kier alpha value is -1.56. The fourth-order valence-corrected chi connectivity index (χ4v) is 1.47. The molecule has 1 amide bonds. The number of aliphatic carboxylic acids is 1. The van der Waals surface area contributed by atoms with Gasteiger partial charge in [0, 0.05) is 12.6 Å². The lowest BCUT2D eigenvalue weighted by atomic mass is 10.2. The third kappa shape index (κ3) is 5.18. The van der Waals surface area contributed by atoms with E-state index in [0.717, 1.165) is 6.08 Å². The molecule has 1 unspecified atom stereocenters. The topological polar surface area (TPSA) is 76.1 Å². The van der Waals surface area contributed by atoms with Crippen molar-refractivity contribution in [1.82, 2.24) is 4.90 Å². The normalized spacial score (nSPS) is 21.1. The first-order chi connectivity index (χ1) is 8.28. The number of amides is 1. The van der Waals surface area contributed by atoms with Gasteiger partial charge in [0.25, 0.3) is 0 Å². The molecule has 1 heterocycles. The van der Waals surface area contributed by atoms with E-state index in [2.05, 4.69) is 0 Å². The molecule has 1 saturated heterocycles. The second-order valence-corrected chi connectivity index (χ2v) is 5.03. The zero-order valence-corrected chi connectivity index (χ0v) is 10.9. The van der Waals surface area contributed by atoms with Gasteiger partial charge in [-0.05, 0) is 26.8 Å². The summed E-state index contributed by atoms with van der Waals surface area (Å²) in [6.07, 6.45) is 1.64. The third-order valence-electron chi connectivity index (χ3n) is 2.20. The maximum atomic E-state index is 11.8. The number of carboxylic acids is 1. The first-order valence-corrected chi connectivity index (χ1v) is 5.78. The minimum atomic E-state index is -1.03. The molecule has 1 aliphatic heterocycles. The van der Waals surface area contributed by atoms with Crippen LogP contribution >= 0.6 is 0 Å². The summed E-state index contributed by atoms with van der Waals surface area (Å²) in [5.41, 5.74) is -0.540. The standard InChI is InChI=1S/C12H19NO5/c1-12(2,3)18-11(16)13-6-7-17-9(8-13)4-5-10(14)15/h4-5,9H,6-8H2,1-3H3,(H,14,15). The molecule has 0 saturated carbocycles. The zero-order chi connectivity index (χ0) is 13.8. The molecule has 1 atom stereocenters. The predicted octanol–water partition coefficient (Wildman–Crippen LogP) is 1.26. The van der Waals surface area contributed by atoms with Gasteiger partial charge in [0.15, 0.2) is 0 Å². The van der Waals surface area contributed by atoms with Gasteiger partial charge < -0.3 is 19.5 Å². The van der Waals surface area contributed by atoms with Crippen molar-refractivity contribution < 1.29 is 24.2 Å². The molecule has 1 aliphatic rings. The van der Waals surface area contributed by atoms with Crippen LogP contribution in [0.5, 0.6) is 0 Å². The average molecular weight is 257 g/mol. The van der Waals surface area contributed by atoms with Crippen LogP contribution in [0.2, 0.25) is 0 Å². The van der Waals surface area contributed by atoms with E-state index in [9.17, 15) is 9.59 Å². The molecule has 0 aromatic rings. The van der Waals surface area contributed by atoms with Crippen molar-refractivity contribution >= 4 is 12.1 Å². The lowest BCUT2D eigenvalue weighted by Gasteiger charge is -2.33. The van der Waals surface area contributed by atoms with Crippen molar-refractivity contribution in [2.75, 3.05) is 19.7 Å². The van der Waals surface area contributed by atoms with E-state index >= 15 is 0 Å². The summed E-state index contributed by atoms with van der Waals surface area (Å²) >= 11 is 0. The molecule has 0 aliphatic carbocycles. The molecule has 18 heavy (non-hydrogen) atoms. The lowest BCUT2D eigenvalue weighted by Crippen LogP contribution is -2.46. The highest BCUT2D eigenvalue weighted by atomic mass is 16.6. The molecule has 1 N–H and O–H groups in total. The number of rotatable bonds is 2. The summed E-state index contributed by atoms with van der Waals surface area (Å²) in [6, 6.07) is 0. The highest BCUT2D eigenvalue weighted by Crippen LogP contribution is 2.13. The molecule has 0 aromatic carbocycles. The van der Waals surface area contributed by atoms with Gasteiger partial charge in [0.1, 0.15) is 5.60 Å². The number of ether oxygens (including phenoxy) is 2. The molecule has 0 spiro atoms. The smallest absolute Gasteiger partial charge is 0.410 e. The number of carbonyl (C=O) groups is 2. The Labute approximate surface area is 106 Å². The van der Waals surface area contributed by atoms with Gasteiger partial charge in [-0.25, -0.2) is 9.59 Å². The van der Waals surface area contributed by atoms with Crippen LogP contribution in [0, 0.1) is 0 Å². The molecule has 1 rings (SSSR count). The second-order valence-electron chi connectivity index (χ2n) is 5.03. The Morgan fingerprint density at radius 2 is 2.11 bits per heavy atom. The van der Waals surface area contributed by atoms with Crippen molar-refractivity contribution in [3.8, 4) is 0 Å². The van der Waals surface area contributed by atoms with E-state index in [0.29, 0.717) is 19.7 Å². The molecule has 1 fully saturated rings. The van der Waals surface area contributed by atoms with E-state index in [1.165, 1.54) is 11.0 Å². The minimum Gasteiger partial charge on any atom is -0.478 e. The summed E-state index contributed by atoms with van der Waals surface area (Å²) in [5, 5.41) is 8.52. The highest BCUT2D eigenvalue weighted by molar-refractivity contribution is 5.79. The van der Waals surface area contributed by atoms with E-state index < -0.39 is 23.8 Å². The monoisotopic (exact) mass is 257 g/mol.